The SMILES string of the molecule is CCc1ncc(C(=O)Nc2cc(Cl)ccc2OC)c(C)n1. The molecular weight excluding hydrogens is 290 g/mol. The number of nitrogens with zero attached hydrogens (tertiary/aromatic N) is 2. The minimum absolute atomic E-state index is 0.296. The number of carbonyl (C=O) groups is 1. The van der Waals surface area contributed by atoms with E-state index in [0.29, 0.717) is 33.5 Å². The van der Waals surface area contributed by atoms with E-state index in [2.05, 4.69) is 15.3 Å². The molecule has 0 radical (unpaired) electrons. The number of carbonyl (C=O) groups excluding carboxylic acids is 1. The van der Waals surface area contributed by atoms with Crippen LogP contribution in [0.1, 0.15) is 28.8 Å². The molecule has 0 saturated carbocycles. The zero-order valence-corrected chi connectivity index (χ0v) is 12.9. The van der Waals surface area contributed by atoms with Crippen molar-refractivity contribution in [1.82, 2.24) is 9.97 Å². The summed E-state index contributed by atoms with van der Waals surface area (Å²) in [5.41, 5.74) is 1.57. The number of nitrogens with one attached hydrogen (secondary N) is 1. The van der Waals surface area contributed by atoms with Gasteiger partial charge in [0.1, 0.15) is 11.6 Å². The number of hydrogen-bond donors (Lipinski definition) is 1. The highest BCUT2D eigenvalue weighted by molar-refractivity contribution is 6.31. The van der Waals surface area contributed by atoms with Crippen LogP contribution in [0.2, 0.25) is 5.02 Å². The molecule has 5 nitrogen and oxygen atoms in total. The van der Waals surface area contributed by atoms with Crippen LogP contribution in [-0.4, -0.2) is 23.0 Å². The van der Waals surface area contributed by atoms with Crippen LogP contribution in [0.5, 0.6) is 5.75 Å². The largest absolute Gasteiger partial charge is 0.495 e. The second kappa shape index (κ2) is 6.54. The summed E-state index contributed by atoms with van der Waals surface area (Å²) in [6.07, 6.45) is 2.26. The summed E-state index contributed by atoms with van der Waals surface area (Å²) in [4.78, 5) is 20.8. The third-order valence-corrected chi connectivity index (χ3v) is 3.23. The number of ether oxygens (including phenoxy) is 1. The molecule has 0 aliphatic carbocycles. The summed E-state index contributed by atoms with van der Waals surface area (Å²) in [6.45, 7) is 3.75. The molecule has 6 heteroatoms. The predicted molar refractivity (Wildman–Crippen MR) is 82.1 cm³/mol. The van der Waals surface area contributed by atoms with Gasteiger partial charge in [0.05, 0.1) is 24.1 Å². The van der Waals surface area contributed by atoms with Crippen molar-refractivity contribution in [1.29, 1.82) is 0 Å². The van der Waals surface area contributed by atoms with Gasteiger partial charge in [-0.15, -0.1) is 0 Å². The quantitative estimate of drug-likeness (QED) is 0.941. The van der Waals surface area contributed by atoms with Crippen LogP contribution in [0.15, 0.2) is 24.4 Å². The Balaban J connectivity index is 2.28. The summed E-state index contributed by atoms with van der Waals surface area (Å²) in [6, 6.07) is 5.02. The zero-order valence-electron chi connectivity index (χ0n) is 12.1. The van der Waals surface area contributed by atoms with E-state index in [1.165, 1.54) is 13.3 Å². The van der Waals surface area contributed by atoms with E-state index >= 15 is 0 Å². The molecule has 0 aliphatic rings. The molecule has 0 unspecified atom stereocenters. The molecule has 0 aliphatic heterocycles. The van der Waals surface area contributed by atoms with Crippen LogP contribution in [0.4, 0.5) is 5.69 Å². The number of rotatable bonds is 4. The van der Waals surface area contributed by atoms with Gasteiger partial charge >= 0.3 is 0 Å². The van der Waals surface area contributed by atoms with Crippen LogP contribution in [0.25, 0.3) is 0 Å². The third-order valence-electron chi connectivity index (χ3n) is 3.00. The van der Waals surface area contributed by atoms with Gasteiger partial charge in [0.15, 0.2) is 0 Å². The smallest absolute Gasteiger partial charge is 0.259 e. The molecule has 21 heavy (non-hydrogen) atoms. The maximum absolute atomic E-state index is 12.3. The minimum atomic E-state index is -0.296. The highest BCUT2D eigenvalue weighted by Crippen LogP contribution is 2.28. The fourth-order valence-electron chi connectivity index (χ4n) is 1.88. The van der Waals surface area contributed by atoms with E-state index in [9.17, 15) is 4.79 Å². The first-order valence-electron chi connectivity index (χ1n) is 6.52. The summed E-state index contributed by atoms with van der Waals surface area (Å²) in [5, 5.41) is 3.28. The van der Waals surface area contributed by atoms with Gasteiger partial charge in [-0.2, -0.15) is 0 Å². The van der Waals surface area contributed by atoms with Gasteiger partial charge in [0, 0.05) is 17.6 Å². The fraction of sp³-hybridized carbons (Fsp3) is 0.267. The van der Waals surface area contributed by atoms with Crippen LogP contribution in [0, 0.1) is 6.92 Å². The standard InChI is InChI=1S/C15H16ClN3O2/c1-4-14-17-8-11(9(2)18-14)15(20)19-12-7-10(16)5-6-13(12)21-3/h5-8H,4H2,1-3H3,(H,19,20). The van der Waals surface area contributed by atoms with E-state index in [4.69, 9.17) is 16.3 Å². The Morgan fingerprint density at radius 2 is 2.19 bits per heavy atom. The summed E-state index contributed by atoms with van der Waals surface area (Å²) in [7, 11) is 1.53. The number of methoxy groups -OCH3 is 1. The lowest BCUT2D eigenvalue weighted by Gasteiger charge is -2.11. The molecule has 1 N–H and O–H groups in total. The predicted octanol–water partition coefficient (Wildman–Crippen LogP) is 3.26. The molecular formula is C15H16ClN3O2. The normalized spacial score (nSPS) is 10.3. The molecule has 1 amide bonds. The maximum Gasteiger partial charge on any atom is 0.259 e. The van der Waals surface area contributed by atoms with E-state index in [0.717, 1.165) is 6.42 Å². The molecule has 2 aromatic rings. The Morgan fingerprint density at radius 1 is 1.43 bits per heavy atom. The Labute approximate surface area is 128 Å². The number of aryl methyl sites for hydroxylation is 2. The van der Waals surface area contributed by atoms with Gasteiger partial charge < -0.3 is 10.1 Å². The Bertz CT molecular complexity index is 674. The summed E-state index contributed by atoms with van der Waals surface area (Å²) < 4.78 is 5.20. The van der Waals surface area contributed by atoms with Crippen molar-refractivity contribution >= 4 is 23.2 Å². The molecule has 0 atom stereocenters. The van der Waals surface area contributed by atoms with E-state index < -0.39 is 0 Å². The molecule has 0 spiro atoms. The lowest BCUT2D eigenvalue weighted by Crippen LogP contribution is -2.16. The number of amides is 1. The van der Waals surface area contributed by atoms with Gasteiger partial charge in [0.2, 0.25) is 0 Å². The second-order valence-corrected chi connectivity index (χ2v) is 4.87. The minimum Gasteiger partial charge on any atom is -0.495 e. The summed E-state index contributed by atoms with van der Waals surface area (Å²) in [5.74, 6) is 0.955. The fourth-order valence-corrected chi connectivity index (χ4v) is 2.05. The van der Waals surface area contributed by atoms with Crippen LogP contribution in [-0.2, 0) is 6.42 Å². The number of benzene rings is 1. The molecule has 0 saturated heterocycles. The van der Waals surface area contributed by atoms with E-state index in [1.807, 2.05) is 6.92 Å². The van der Waals surface area contributed by atoms with Crippen LogP contribution < -0.4 is 10.1 Å². The average molecular weight is 306 g/mol. The summed E-state index contributed by atoms with van der Waals surface area (Å²) >= 11 is 5.94. The van der Waals surface area contributed by atoms with Crippen molar-refractivity contribution in [2.75, 3.05) is 12.4 Å². The molecule has 2 rings (SSSR count). The van der Waals surface area contributed by atoms with Crippen molar-refractivity contribution in [2.24, 2.45) is 0 Å². The first-order chi connectivity index (χ1) is 10.0. The molecule has 0 bridgehead atoms. The van der Waals surface area contributed by atoms with Crippen molar-refractivity contribution in [3.63, 3.8) is 0 Å². The Kier molecular flexibility index (Phi) is 4.75. The van der Waals surface area contributed by atoms with Gasteiger partial charge in [-0.3, -0.25) is 4.79 Å². The third kappa shape index (κ3) is 3.49. The van der Waals surface area contributed by atoms with Gasteiger partial charge in [-0.05, 0) is 25.1 Å². The highest BCUT2D eigenvalue weighted by Gasteiger charge is 2.14. The van der Waals surface area contributed by atoms with E-state index in [-0.39, 0.29) is 5.91 Å². The van der Waals surface area contributed by atoms with Crippen molar-refractivity contribution < 1.29 is 9.53 Å². The Hall–Kier alpha value is -2.14. The average Bonchev–Trinajstić information content (AvgIpc) is 2.47. The van der Waals surface area contributed by atoms with Crippen molar-refractivity contribution in [3.8, 4) is 5.75 Å². The van der Waals surface area contributed by atoms with Gasteiger partial charge in [-0.25, -0.2) is 9.97 Å². The lowest BCUT2D eigenvalue weighted by molar-refractivity contribution is 0.102. The number of hydrogen-bond acceptors (Lipinski definition) is 4. The molecule has 110 valence electrons. The first-order valence-corrected chi connectivity index (χ1v) is 6.90. The number of aromatic nitrogens is 2. The number of anilines is 1. The lowest BCUT2D eigenvalue weighted by atomic mass is 10.2. The molecule has 1 aromatic carbocycles. The molecule has 0 fully saturated rings. The van der Waals surface area contributed by atoms with Crippen molar-refractivity contribution in [3.05, 3.63) is 46.5 Å². The topological polar surface area (TPSA) is 64.1 Å². The van der Waals surface area contributed by atoms with Crippen LogP contribution in [0.3, 0.4) is 0 Å². The number of halogens is 1. The zero-order chi connectivity index (χ0) is 15.4. The Morgan fingerprint density at radius 3 is 2.81 bits per heavy atom. The molecule has 1 heterocycles. The highest BCUT2D eigenvalue weighted by atomic mass is 35.5. The van der Waals surface area contributed by atoms with Gasteiger partial charge in [-0.1, -0.05) is 18.5 Å². The van der Waals surface area contributed by atoms with Crippen LogP contribution >= 0.6 is 11.6 Å². The maximum atomic E-state index is 12.3. The van der Waals surface area contributed by atoms with Crippen molar-refractivity contribution in [2.45, 2.75) is 20.3 Å². The molecule has 1 aromatic heterocycles. The second-order valence-electron chi connectivity index (χ2n) is 4.44. The van der Waals surface area contributed by atoms with E-state index in [1.54, 1.807) is 25.1 Å². The first kappa shape index (κ1) is 15.3. The monoisotopic (exact) mass is 305 g/mol. The van der Waals surface area contributed by atoms with Gasteiger partial charge in [0.25, 0.3) is 5.91 Å².